The number of ether oxygens (including phenoxy) is 1. The zero-order chi connectivity index (χ0) is 16.4. The van der Waals surface area contributed by atoms with Gasteiger partial charge in [-0.05, 0) is 29.7 Å². The Morgan fingerprint density at radius 1 is 1.43 bits per heavy atom. The first-order valence-electron chi connectivity index (χ1n) is 7.60. The van der Waals surface area contributed by atoms with Gasteiger partial charge in [-0.15, -0.1) is 0 Å². The van der Waals surface area contributed by atoms with Crippen LogP contribution in [0.5, 0.6) is 0 Å². The number of carbonyl (C=O) groups is 3. The van der Waals surface area contributed by atoms with Crippen LogP contribution in [0.4, 0.5) is 10.5 Å². The molecule has 122 valence electrons. The highest BCUT2D eigenvalue weighted by Gasteiger charge is 2.32. The lowest BCUT2D eigenvalue weighted by atomic mass is 9.99. The Morgan fingerprint density at radius 3 is 3.00 bits per heavy atom. The standard InChI is InChI=1S/C16H19N3O4/c1-11(21)17-7-15-9-19(16(22)23-15)14-3-2-13-8-18(10-20)5-4-12(13)6-14/h2-3,6,10,15H,4-5,7-9H2,1H3,(H,17,21). The summed E-state index contributed by atoms with van der Waals surface area (Å²) in [7, 11) is 0. The molecule has 1 saturated heterocycles. The summed E-state index contributed by atoms with van der Waals surface area (Å²) in [5.41, 5.74) is 3.05. The van der Waals surface area contributed by atoms with Crippen LogP contribution < -0.4 is 10.2 Å². The number of cyclic esters (lactones) is 1. The van der Waals surface area contributed by atoms with Gasteiger partial charge in [0.1, 0.15) is 6.10 Å². The molecule has 1 aromatic rings. The molecule has 2 aliphatic heterocycles. The number of carbonyl (C=O) groups excluding carboxylic acids is 3. The maximum Gasteiger partial charge on any atom is 0.414 e. The predicted octanol–water partition coefficient (Wildman–Crippen LogP) is 0.662. The Balaban J connectivity index is 1.71. The van der Waals surface area contributed by atoms with Crippen molar-refractivity contribution in [2.45, 2.75) is 26.0 Å². The van der Waals surface area contributed by atoms with Crippen molar-refractivity contribution in [3.05, 3.63) is 29.3 Å². The van der Waals surface area contributed by atoms with Gasteiger partial charge in [0.25, 0.3) is 0 Å². The number of hydrogen-bond acceptors (Lipinski definition) is 4. The zero-order valence-corrected chi connectivity index (χ0v) is 12.9. The molecule has 2 heterocycles. The molecule has 1 unspecified atom stereocenters. The summed E-state index contributed by atoms with van der Waals surface area (Å²) in [5.74, 6) is -0.145. The molecule has 1 atom stereocenters. The van der Waals surface area contributed by atoms with Crippen LogP contribution in [0, 0.1) is 0 Å². The van der Waals surface area contributed by atoms with Crippen molar-refractivity contribution in [2.75, 3.05) is 24.5 Å². The number of nitrogens with one attached hydrogen (secondary N) is 1. The van der Waals surface area contributed by atoms with Gasteiger partial charge in [0.15, 0.2) is 0 Å². The molecule has 3 amide bonds. The minimum absolute atomic E-state index is 0.145. The Labute approximate surface area is 134 Å². The third-order valence-corrected chi connectivity index (χ3v) is 4.15. The van der Waals surface area contributed by atoms with E-state index in [1.165, 1.54) is 6.92 Å². The summed E-state index contributed by atoms with van der Waals surface area (Å²) in [6.45, 7) is 3.46. The van der Waals surface area contributed by atoms with Gasteiger partial charge in [0, 0.05) is 25.7 Å². The van der Waals surface area contributed by atoms with E-state index in [-0.39, 0.29) is 12.0 Å². The number of rotatable bonds is 4. The third-order valence-electron chi connectivity index (χ3n) is 4.15. The Bertz CT molecular complexity index is 646. The van der Waals surface area contributed by atoms with Gasteiger partial charge in [-0.3, -0.25) is 14.5 Å². The molecule has 7 nitrogen and oxygen atoms in total. The molecule has 0 radical (unpaired) electrons. The molecule has 0 spiro atoms. The van der Waals surface area contributed by atoms with Crippen molar-refractivity contribution in [3.8, 4) is 0 Å². The van der Waals surface area contributed by atoms with Crippen LogP contribution in [0.1, 0.15) is 18.1 Å². The number of amides is 3. The summed E-state index contributed by atoms with van der Waals surface area (Å²) >= 11 is 0. The second-order valence-corrected chi connectivity index (χ2v) is 5.83. The number of benzene rings is 1. The second kappa shape index (κ2) is 6.28. The number of fused-ring (bicyclic) bond motifs is 1. The topological polar surface area (TPSA) is 79.0 Å². The van der Waals surface area contributed by atoms with Gasteiger partial charge in [0.2, 0.25) is 12.3 Å². The lowest BCUT2D eigenvalue weighted by Gasteiger charge is -2.26. The fraction of sp³-hybridized carbons (Fsp3) is 0.438. The first-order chi connectivity index (χ1) is 11.1. The Morgan fingerprint density at radius 2 is 2.26 bits per heavy atom. The molecule has 23 heavy (non-hydrogen) atoms. The van der Waals surface area contributed by atoms with Gasteiger partial charge < -0.3 is 15.0 Å². The summed E-state index contributed by atoms with van der Waals surface area (Å²) in [6, 6.07) is 5.81. The minimum atomic E-state index is -0.398. The summed E-state index contributed by atoms with van der Waals surface area (Å²) in [6.07, 6.45) is 0.903. The van der Waals surface area contributed by atoms with E-state index in [9.17, 15) is 14.4 Å². The van der Waals surface area contributed by atoms with Crippen molar-refractivity contribution in [2.24, 2.45) is 0 Å². The highest BCUT2D eigenvalue weighted by atomic mass is 16.6. The third kappa shape index (κ3) is 3.28. The molecule has 7 heteroatoms. The van der Waals surface area contributed by atoms with E-state index in [2.05, 4.69) is 5.32 Å². The van der Waals surface area contributed by atoms with Gasteiger partial charge >= 0.3 is 6.09 Å². The average Bonchev–Trinajstić information content (AvgIpc) is 2.93. The van der Waals surface area contributed by atoms with E-state index in [4.69, 9.17) is 4.74 Å². The summed E-state index contributed by atoms with van der Waals surface area (Å²) < 4.78 is 5.28. The molecule has 0 bridgehead atoms. The lowest BCUT2D eigenvalue weighted by Crippen LogP contribution is -2.33. The number of anilines is 1. The van der Waals surface area contributed by atoms with E-state index < -0.39 is 6.09 Å². The monoisotopic (exact) mass is 317 g/mol. The lowest BCUT2D eigenvalue weighted by molar-refractivity contribution is -0.119. The zero-order valence-electron chi connectivity index (χ0n) is 12.9. The van der Waals surface area contributed by atoms with Crippen LogP contribution in [-0.2, 0) is 27.3 Å². The van der Waals surface area contributed by atoms with Crippen LogP contribution in [-0.4, -0.2) is 49.0 Å². The molecule has 0 aliphatic carbocycles. The average molecular weight is 317 g/mol. The van der Waals surface area contributed by atoms with Gasteiger partial charge in [0.05, 0.1) is 13.1 Å². The number of nitrogens with zero attached hydrogens (tertiary/aromatic N) is 2. The van der Waals surface area contributed by atoms with Gasteiger partial charge in [-0.25, -0.2) is 4.79 Å². The molecular weight excluding hydrogens is 298 g/mol. The molecule has 2 aliphatic rings. The van der Waals surface area contributed by atoms with Crippen molar-refractivity contribution in [1.29, 1.82) is 0 Å². The van der Waals surface area contributed by atoms with Crippen molar-refractivity contribution >= 4 is 24.1 Å². The number of hydrogen-bond donors (Lipinski definition) is 1. The fourth-order valence-corrected chi connectivity index (χ4v) is 2.92. The smallest absolute Gasteiger partial charge is 0.414 e. The summed E-state index contributed by atoms with van der Waals surface area (Å²) in [4.78, 5) is 37.2. The van der Waals surface area contributed by atoms with E-state index in [1.807, 2.05) is 18.2 Å². The van der Waals surface area contributed by atoms with E-state index in [0.29, 0.717) is 26.2 Å². The van der Waals surface area contributed by atoms with Crippen LogP contribution in [0.3, 0.4) is 0 Å². The SMILES string of the molecule is CC(=O)NCC1CN(c2ccc3c(c2)CCN(C=O)C3)C(=O)O1. The molecule has 3 rings (SSSR count). The van der Waals surface area contributed by atoms with E-state index in [1.54, 1.807) is 9.80 Å². The summed E-state index contributed by atoms with van der Waals surface area (Å²) in [5, 5.41) is 2.66. The highest BCUT2D eigenvalue weighted by Crippen LogP contribution is 2.27. The quantitative estimate of drug-likeness (QED) is 0.828. The van der Waals surface area contributed by atoms with Crippen molar-refractivity contribution in [1.82, 2.24) is 10.2 Å². The Kier molecular flexibility index (Phi) is 4.18. The molecule has 1 N–H and O–H groups in total. The highest BCUT2D eigenvalue weighted by molar-refractivity contribution is 5.90. The van der Waals surface area contributed by atoms with Gasteiger partial charge in [-0.1, -0.05) is 6.07 Å². The first-order valence-corrected chi connectivity index (χ1v) is 7.60. The minimum Gasteiger partial charge on any atom is -0.442 e. The fourth-order valence-electron chi connectivity index (χ4n) is 2.92. The van der Waals surface area contributed by atoms with Crippen LogP contribution >= 0.6 is 0 Å². The molecule has 1 aromatic carbocycles. The maximum absolute atomic E-state index is 12.0. The van der Waals surface area contributed by atoms with Gasteiger partial charge in [-0.2, -0.15) is 0 Å². The largest absolute Gasteiger partial charge is 0.442 e. The van der Waals surface area contributed by atoms with E-state index in [0.717, 1.165) is 29.6 Å². The molecule has 1 fully saturated rings. The van der Waals surface area contributed by atoms with Crippen LogP contribution in [0.15, 0.2) is 18.2 Å². The first kappa shape index (κ1) is 15.3. The van der Waals surface area contributed by atoms with Crippen molar-refractivity contribution < 1.29 is 19.1 Å². The molecule has 0 aromatic heterocycles. The predicted molar refractivity (Wildman–Crippen MR) is 82.9 cm³/mol. The maximum atomic E-state index is 12.0. The normalized spacial score (nSPS) is 20.0. The molecule has 0 saturated carbocycles. The van der Waals surface area contributed by atoms with Crippen molar-refractivity contribution in [3.63, 3.8) is 0 Å². The van der Waals surface area contributed by atoms with Crippen LogP contribution in [0.2, 0.25) is 0 Å². The molecular formula is C16H19N3O4. The second-order valence-electron chi connectivity index (χ2n) is 5.83. The Hall–Kier alpha value is -2.57. The van der Waals surface area contributed by atoms with Crippen LogP contribution in [0.25, 0.3) is 0 Å². The van der Waals surface area contributed by atoms with E-state index >= 15 is 0 Å².